The number of pyridine rings is 2. The van der Waals surface area contributed by atoms with Crippen LogP contribution < -0.4 is 21.5 Å². The lowest BCUT2D eigenvalue weighted by atomic mass is 9.99. The number of anilines is 3. The van der Waals surface area contributed by atoms with Gasteiger partial charge in [-0.05, 0) is 49.1 Å². The van der Waals surface area contributed by atoms with Crippen LogP contribution in [0, 0.1) is 12.7 Å². The van der Waals surface area contributed by atoms with Gasteiger partial charge in [-0.2, -0.15) is 0 Å². The van der Waals surface area contributed by atoms with Gasteiger partial charge in [0.1, 0.15) is 11.6 Å². The van der Waals surface area contributed by atoms with Gasteiger partial charge in [-0.1, -0.05) is 19.0 Å². The molecule has 0 atom stereocenters. The lowest BCUT2D eigenvalue weighted by Gasteiger charge is -2.15. The van der Waals surface area contributed by atoms with Crippen LogP contribution in [0.1, 0.15) is 37.9 Å². The number of amides is 2. The lowest BCUT2D eigenvalue weighted by Crippen LogP contribution is -2.22. The first-order valence-corrected chi connectivity index (χ1v) is 11.3. The summed E-state index contributed by atoms with van der Waals surface area (Å²) in [5.41, 5.74) is 2.59. The normalized spacial score (nSPS) is 11.2. The van der Waals surface area contributed by atoms with E-state index in [1.165, 1.54) is 12.1 Å². The molecule has 9 nitrogen and oxygen atoms in total. The molecule has 0 bridgehead atoms. The fourth-order valence-electron chi connectivity index (χ4n) is 3.86. The summed E-state index contributed by atoms with van der Waals surface area (Å²) in [6.07, 6.45) is 1.69. The highest BCUT2D eigenvalue weighted by Crippen LogP contribution is 2.29. The molecule has 10 heteroatoms. The van der Waals surface area contributed by atoms with Gasteiger partial charge < -0.3 is 19.7 Å². The van der Waals surface area contributed by atoms with Gasteiger partial charge in [0.2, 0.25) is 5.88 Å². The number of halogens is 1. The Morgan fingerprint density at radius 2 is 1.91 bits per heavy atom. The smallest absolute Gasteiger partial charge is 0.326 e. The number of carbonyl (C=O) groups is 1. The second-order valence-corrected chi connectivity index (χ2v) is 8.48. The topological polar surface area (TPSA) is 114 Å². The summed E-state index contributed by atoms with van der Waals surface area (Å²) in [6, 6.07) is 7.21. The Morgan fingerprint density at radius 1 is 1.14 bits per heavy atom. The average molecular weight is 479 g/mol. The molecule has 0 unspecified atom stereocenters. The van der Waals surface area contributed by atoms with E-state index in [0.717, 1.165) is 10.9 Å². The Bertz CT molecular complexity index is 1470. The van der Waals surface area contributed by atoms with E-state index >= 15 is 0 Å². The monoisotopic (exact) mass is 478 g/mol. The molecule has 0 spiro atoms. The number of hydrogen-bond donors (Lipinski definition) is 3. The van der Waals surface area contributed by atoms with E-state index in [2.05, 4.69) is 26.1 Å². The summed E-state index contributed by atoms with van der Waals surface area (Å²) in [5, 5.41) is 12.6. The second-order valence-electron chi connectivity index (χ2n) is 8.48. The Morgan fingerprint density at radius 3 is 2.57 bits per heavy atom. The van der Waals surface area contributed by atoms with Gasteiger partial charge in [0.05, 0.1) is 16.9 Å². The maximum absolute atomic E-state index is 14.8. The molecule has 2 amide bonds. The van der Waals surface area contributed by atoms with Gasteiger partial charge >= 0.3 is 6.03 Å². The standard InChI is InChI=1S/C25H27FN6O3/c1-6-32-21-11-22(27-5)28-12-15(21)8-17(24(32)33)16-9-20(18(26)7-14(16)4)29-25(34)30-23-10-19(13(2)3)31-35-23/h7-13H,6H2,1-5H3,(H,27,28)(H2,29,30,34). The number of nitrogens with zero attached hydrogens (tertiary/aromatic N) is 3. The zero-order chi connectivity index (χ0) is 25.3. The molecule has 4 rings (SSSR count). The number of urea groups is 1. The molecular formula is C25H27FN6O3. The molecule has 4 aromatic rings. The number of carbonyl (C=O) groups excluding carboxylic acids is 1. The molecular weight excluding hydrogens is 451 g/mol. The fraction of sp³-hybridized carbons (Fsp3) is 0.280. The van der Waals surface area contributed by atoms with Crippen LogP contribution in [0.15, 0.2) is 45.8 Å². The highest BCUT2D eigenvalue weighted by Gasteiger charge is 2.18. The minimum Gasteiger partial charge on any atom is -0.373 e. The zero-order valence-electron chi connectivity index (χ0n) is 20.2. The third-order valence-electron chi connectivity index (χ3n) is 5.76. The van der Waals surface area contributed by atoms with Gasteiger partial charge in [0.25, 0.3) is 5.56 Å². The number of rotatable bonds is 6. The summed E-state index contributed by atoms with van der Waals surface area (Å²) in [7, 11) is 1.76. The highest BCUT2D eigenvalue weighted by molar-refractivity contribution is 5.99. The van der Waals surface area contributed by atoms with Gasteiger partial charge in [0.15, 0.2) is 0 Å². The minimum absolute atomic E-state index is 0.0714. The predicted octanol–water partition coefficient (Wildman–Crippen LogP) is 5.33. The molecule has 0 saturated heterocycles. The Hall–Kier alpha value is -4.21. The van der Waals surface area contributed by atoms with Crippen LogP contribution in [0.3, 0.4) is 0 Å². The molecule has 3 aromatic heterocycles. The number of fused-ring (bicyclic) bond motifs is 1. The summed E-state index contributed by atoms with van der Waals surface area (Å²) in [5.74, 6) is 0.296. The lowest BCUT2D eigenvalue weighted by molar-refractivity contribution is 0.261. The maximum atomic E-state index is 14.8. The van der Waals surface area contributed by atoms with Crippen molar-refractivity contribution in [1.29, 1.82) is 0 Å². The molecule has 0 aliphatic rings. The Balaban J connectivity index is 1.71. The molecule has 182 valence electrons. The number of aryl methyl sites for hydroxylation is 2. The highest BCUT2D eigenvalue weighted by atomic mass is 19.1. The first kappa shape index (κ1) is 23.9. The van der Waals surface area contributed by atoms with Gasteiger partial charge in [-0.15, -0.1) is 0 Å². The summed E-state index contributed by atoms with van der Waals surface area (Å²) >= 11 is 0. The quantitative estimate of drug-likeness (QED) is 0.345. The largest absolute Gasteiger partial charge is 0.373 e. The van der Waals surface area contributed by atoms with Crippen LogP contribution in [-0.2, 0) is 6.54 Å². The minimum atomic E-state index is -0.696. The van der Waals surface area contributed by atoms with Crippen molar-refractivity contribution in [2.45, 2.75) is 40.2 Å². The van der Waals surface area contributed by atoms with Crippen molar-refractivity contribution in [3.8, 4) is 11.1 Å². The first-order chi connectivity index (χ1) is 16.7. The van der Waals surface area contributed by atoms with E-state index in [9.17, 15) is 14.0 Å². The summed E-state index contributed by atoms with van der Waals surface area (Å²) in [6.45, 7) is 7.93. The van der Waals surface area contributed by atoms with Gasteiger partial charge in [0, 0.05) is 42.9 Å². The second kappa shape index (κ2) is 9.57. The predicted molar refractivity (Wildman–Crippen MR) is 135 cm³/mol. The fourth-order valence-corrected chi connectivity index (χ4v) is 3.86. The molecule has 0 radical (unpaired) electrons. The Kier molecular flexibility index (Phi) is 6.54. The van der Waals surface area contributed by atoms with Crippen LogP contribution in [0.4, 0.5) is 26.6 Å². The van der Waals surface area contributed by atoms with E-state index in [4.69, 9.17) is 4.52 Å². The third-order valence-corrected chi connectivity index (χ3v) is 5.76. The number of aromatic nitrogens is 3. The maximum Gasteiger partial charge on any atom is 0.326 e. The molecule has 0 aliphatic carbocycles. The number of nitrogens with one attached hydrogen (secondary N) is 3. The van der Waals surface area contributed by atoms with E-state index in [-0.39, 0.29) is 23.0 Å². The summed E-state index contributed by atoms with van der Waals surface area (Å²) in [4.78, 5) is 30.2. The van der Waals surface area contributed by atoms with Crippen LogP contribution in [-0.4, -0.2) is 27.8 Å². The Labute approximate surface area is 201 Å². The van der Waals surface area contributed by atoms with Gasteiger partial charge in [-0.3, -0.25) is 10.1 Å². The van der Waals surface area contributed by atoms with Crippen molar-refractivity contribution in [3.63, 3.8) is 0 Å². The molecule has 3 N–H and O–H groups in total. The van der Waals surface area contributed by atoms with E-state index in [1.54, 1.807) is 36.9 Å². The van der Waals surface area contributed by atoms with Crippen molar-refractivity contribution in [3.05, 3.63) is 64.0 Å². The van der Waals surface area contributed by atoms with Crippen LogP contribution in [0.5, 0.6) is 0 Å². The van der Waals surface area contributed by atoms with Crippen molar-refractivity contribution in [1.82, 2.24) is 14.7 Å². The summed E-state index contributed by atoms with van der Waals surface area (Å²) < 4.78 is 21.5. The number of benzene rings is 1. The zero-order valence-corrected chi connectivity index (χ0v) is 20.2. The van der Waals surface area contributed by atoms with Crippen LogP contribution in [0.2, 0.25) is 0 Å². The average Bonchev–Trinajstić information content (AvgIpc) is 3.29. The molecule has 3 heterocycles. The van der Waals surface area contributed by atoms with Crippen LogP contribution >= 0.6 is 0 Å². The van der Waals surface area contributed by atoms with E-state index in [0.29, 0.717) is 34.7 Å². The SMILES string of the molecule is CCn1c(=O)c(-c2cc(NC(=O)Nc3cc(C(C)C)no3)c(F)cc2C)cc2cnc(NC)cc21. The van der Waals surface area contributed by atoms with Crippen molar-refractivity contribution in [2.75, 3.05) is 23.0 Å². The molecule has 0 saturated carbocycles. The first-order valence-electron chi connectivity index (χ1n) is 11.3. The molecule has 0 aliphatic heterocycles. The number of hydrogen-bond acceptors (Lipinski definition) is 6. The third kappa shape index (κ3) is 4.72. The van der Waals surface area contributed by atoms with Crippen molar-refractivity contribution >= 4 is 34.3 Å². The molecule has 1 aromatic carbocycles. The van der Waals surface area contributed by atoms with E-state index < -0.39 is 11.8 Å². The van der Waals surface area contributed by atoms with E-state index in [1.807, 2.05) is 26.8 Å². The van der Waals surface area contributed by atoms with Crippen LogP contribution in [0.25, 0.3) is 22.0 Å². The molecule has 35 heavy (non-hydrogen) atoms. The van der Waals surface area contributed by atoms with Crippen molar-refractivity contribution < 1.29 is 13.7 Å². The van der Waals surface area contributed by atoms with Crippen molar-refractivity contribution in [2.24, 2.45) is 0 Å². The van der Waals surface area contributed by atoms with Gasteiger partial charge in [-0.25, -0.2) is 14.2 Å². The molecule has 0 fully saturated rings.